The summed E-state index contributed by atoms with van der Waals surface area (Å²) in [6, 6.07) is 6.78. The van der Waals surface area contributed by atoms with Gasteiger partial charge in [0, 0.05) is 35.9 Å². The van der Waals surface area contributed by atoms with Crippen molar-refractivity contribution >= 4 is 23.7 Å². The summed E-state index contributed by atoms with van der Waals surface area (Å²) in [5, 5.41) is 12.0. The average Bonchev–Trinajstić information content (AvgIpc) is 3.21. The summed E-state index contributed by atoms with van der Waals surface area (Å²) in [4.78, 5) is 47.7. The number of carbonyl (C=O) groups excluding carboxylic acids is 2. The van der Waals surface area contributed by atoms with Crippen LogP contribution in [0.1, 0.15) is 80.1 Å². The van der Waals surface area contributed by atoms with E-state index in [2.05, 4.69) is 20.3 Å². The molecule has 2 aromatic rings. The van der Waals surface area contributed by atoms with Crippen molar-refractivity contribution in [1.29, 1.82) is 0 Å². The number of carboxylic acid groups (broad SMARTS) is 1. The highest BCUT2D eigenvalue weighted by Crippen LogP contribution is 2.37. The molecule has 2 aromatic heterocycles. The highest BCUT2D eigenvalue weighted by atomic mass is 16.6. The predicted molar refractivity (Wildman–Crippen MR) is 128 cm³/mol. The van der Waals surface area contributed by atoms with Crippen molar-refractivity contribution in [2.45, 2.75) is 75.3 Å². The molecule has 35 heavy (non-hydrogen) atoms. The molecule has 1 aliphatic heterocycles. The van der Waals surface area contributed by atoms with E-state index in [1.807, 2.05) is 12.1 Å². The lowest BCUT2D eigenvalue weighted by molar-refractivity contribution is -0.146. The van der Waals surface area contributed by atoms with Gasteiger partial charge in [-0.15, -0.1) is 0 Å². The van der Waals surface area contributed by atoms with Gasteiger partial charge in [-0.1, -0.05) is 38.5 Å². The molecular weight excluding hydrogens is 448 g/mol. The van der Waals surface area contributed by atoms with Crippen LogP contribution in [0.4, 0.5) is 0 Å². The first-order valence-electron chi connectivity index (χ1n) is 12.1. The topological polar surface area (TPSA) is 131 Å². The van der Waals surface area contributed by atoms with Crippen LogP contribution in [0.5, 0.6) is 0 Å². The van der Waals surface area contributed by atoms with Crippen LogP contribution in [0.15, 0.2) is 54.0 Å². The molecule has 0 unspecified atom stereocenters. The number of rotatable bonds is 4. The number of ether oxygens (including phenoxy) is 1. The fraction of sp³-hybridized carbons (Fsp3) is 0.462. The molecule has 2 fully saturated rings. The number of hydrogen-bond donors (Lipinski definition) is 2. The number of carboxylic acids is 1. The normalized spacial score (nSPS) is 20.1. The monoisotopic (exact) mass is 478 g/mol. The Morgan fingerprint density at radius 3 is 1.94 bits per heavy atom. The minimum atomic E-state index is -1.10. The number of esters is 1. The first-order chi connectivity index (χ1) is 16.9. The lowest BCUT2D eigenvalue weighted by Gasteiger charge is -2.33. The summed E-state index contributed by atoms with van der Waals surface area (Å²) in [5.74, 6) is -1.00. The second-order valence-corrected chi connectivity index (χ2v) is 9.27. The lowest BCUT2D eigenvalue weighted by atomic mass is 9.81. The van der Waals surface area contributed by atoms with Gasteiger partial charge in [0.15, 0.2) is 5.54 Å². The Kier molecular flexibility index (Phi) is 7.53. The van der Waals surface area contributed by atoms with Crippen molar-refractivity contribution < 1.29 is 24.2 Å². The van der Waals surface area contributed by atoms with Crippen molar-refractivity contribution in [2.24, 2.45) is 4.99 Å². The zero-order valence-electron chi connectivity index (χ0n) is 19.6. The summed E-state index contributed by atoms with van der Waals surface area (Å²) < 4.78 is 5.32. The SMILES string of the molecule is O=C(NC1(C(=O)O)CCCCC1)c1ccncc1.O=C1OC(c2ccncc2)=NC12CCCCC2. The number of aliphatic carboxylic acids is 1. The molecule has 1 amide bonds. The molecule has 0 atom stereocenters. The van der Waals surface area contributed by atoms with E-state index in [9.17, 15) is 19.5 Å². The van der Waals surface area contributed by atoms with Crippen molar-refractivity contribution in [1.82, 2.24) is 15.3 Å². The Morgan fingerprint density at radius 2 is 1.37 bits per heavy atom. The Morgan fingerprint density at radius 1 is 0.829 bits per heavy atom. The minimum Gasteiger partial charge on any atom is -0.480 e. The quantitative estimate of drug-likeness (QED) is 0.641. The third-order valence-electron chi connectivity index (χ3n) is 6.90. The van der Waals surface area contributed by atoms with E-state index in [0.717, 1.165) is 50.5 Å². The molecule has 0 radical (unpaired) electrons. The Balaban J connectivity index is 0.000000165. The first kappa shape index (κ1) is 24.5. The van der Waals surface area contributed by atoms with Crippen LogP contribution in [-0.2, 0) is 14.3 Å². The third kappa shape index (κ3) is 5.55. The Labute approximate surface area is 204 Å². The molecule has 3 aliphatic rings. The number of cyclic esters (lactones) is 1. The number of pyridine rings is 2. The summed E-state index contributed by atoms with van der Waals surface area (Å²) in [5.41, 5.74) is -0.415. The smallest absolute Gasteiger partial charge is 0.340 e. The van der Waals surface area contributed by atoms with Crippen LogP contribution in [0.25, 0.3) is 0 Å². The number of hydrogen-bond acceptors (Lipinski definition) is 7. The average molecular weight is 479 g/mol. The van der Waals surface area contributed by atoms with Gasteiger partial charge in [0.1, 0.15) is 5.54 Å². The van der Waals surface area contributed by atoms with Crippen LogP contribution < -0.4 is 5.32 Å². The first-order valence-corrected chi connectivity index (χ1v) is 12.1. The number of carbonyl (C=O) groups is 3. The fourth-order valence-corrected chi connectivity index (χ4v) is 4.86. The molecule has 2 aliphatic carbocycles. The van der Waals surface area contributed by atoms with Crippen LogP contribution in [0.2, 0.25) is 0 Å². The molecule has 0 bridgehead atoms. The molecule has 3 heterocycles. The van der Waals surface area contributed by atoms with Gasteiger partial charge < -0.3 is 15.2 Å². The van der Waals surface area contributed by atoms with Gasteiger partial charge in [0.25, 0.3) is 5.91 Å². The van der Waals surface area contributed by atoms with Gasteiger partial charge in [-0.3, -0.25) is 14.8 Å². The predicted octanol–water partition coefficient (Wildman–Crippen LogP) is 3.69. The molecule has 2 N–H and O–H groups in total. The van der Waals surface area contributed by atoms with E-state index in [4.69, 9.17) is 4.74 Å². The maximum absolute atomic E-state index is 12.0. The van der Waals surface area contributed by atoms with Crippen molar-refractivity contribution in [3.05, 3.63) is 60.2 Å². The van der Waals surface area contributed by atoms with Crippen LogP contribution in [-0.4, -0.2) is 49.9 Å². The van der Waals surface area contributed by atoms with E-state index in [1.165, 1.54) is 18.8 Å². The molecule has 184 valence electrons. The van der Waals surface area contributed by atoms with Gasteiger partial charge in [-0.25, -0.2) is 14.6 Å². The van der Waals surface area contributed by atoms with Gasteiger partial charge in [0.2, 0.25) is 5.90 Å². The van der Waals surface area contributed by atoms with E-state index in [1.54, 1.807) is 24.5 Å². The minimum absolute atomic E-state index is 0.177. The molecule has 2 saturated carbocycles. The van der Waals surface area contributed by atoms with E-state index >= 15 is 0 Å². The van der Waals surface area contributed by atoms with Crippen LogP contribution in [0.3, 0.4) is 0 Å². The van der Waals surface area contributed by atoms with Crippen LogP contribution in [0, 0.1) is 0 Å². The number of aromatic nitrogens is 2. The third-order valence-corrected chi connectivity index (χ3v) is 6.90. The van der Waals surface area contributed by atoms with Crippen LogP contribution >= 0.6 is 0 Å². The fourth-order valence-electron chi connectivity index (χ4n) is 4.86. The zero-order valence-corrected chi connectivity index (χ0v) is 19.6. The number of nitrogens with zero attached hydrogens (tertiary/aromatic N) is 3. The second kappa shape index (κ2) is 10.8. The maximum Gasteiger partial charge on any atom is 0.340 e. The van der Waals surface area contributed by atoms with Crippen molar-refractivity contribution in [2.75, 3.05) is 0 Å². The van der Waals surface area contributed by atoms with Gasteiger partial charge >= 0.3 is 11.9 Å². The Bertz CT molecular complexity index is 1080. The van der Waals surface area contributed by atoms with Crippen molar-refractivity contribution in [3.63, 3.8) is 0 Å². The Hall–Kier alpha value is -3.62. The summed E-state index contributed by atoms with van der Waals surface area (Å²) in [7, 11) is 0. The van der Waals surface area contributed by atoms with Gasteiger partial charge in [0.05, 0.1) is 0 Å². The largest absolute Gasteiger partial charge is 0.480 e. The maximum atomic E-state index is 12.0. The molecule has 9 nitrogen and oxygen atoms in total. The molecule has 0 aromatic carbocycles. The molecular formula is C26H30N4O5. The van der Waals surface area contributed by atoms with Gasteiger partial charge in [-0.05, 0) is 49.9 Å². The zero-order chi connectivity index (χ0) is 24.7. The van der Waals surface area contributed by atoms with Crippen molar-refractivity contribution in [3.8, 4) is 0 Å². The number of amides is 1. The second-order valence-electron chi connectivity index (χ2n) is 9.27. The molecule has 5 rings (SSSR count). The summed E-state index contributed by atoms with van der Waals surface area (Å²) in [6.07, 6.45) is 15.0. The van der Waals surface area contributed by atoms with E-state index < -0.39 is 17.0 Å². The lowest BCUT2D eigenvalue weighted by Crippen LogP contribution is -2.55. The van der Waals surface area contributed by atoms with Gasteiger partial charge in [-0.2, -0.15) is 0 Å². The highest BCUT2D eigenvalue weighted by Gasteiger charge is 2.46. The summed E-state index contributed by atoms with van der Waals surface area (Å²) in [6.45, 7) is 0. The number of nitrogens with one attached hydrogen (secondary N) is 1. The highest BCUT2D eigenvalue weighted by molar-refractivity contribution is 6.07. The molecule has 0 saturated heterocycles. The summed E-state index contributed by atoms with van der Waals surface area (Å²) >= 11 is 0. The molecule has 9 heteroatoms. The molecule has 1 spiro atoms. The standard InChI is InChI=1S/C13H16N2O3.C13H14N2O2/c16-11(10-4-8-14-9-5-10)15-13(12(17)18)6-2-1-3-7-13;16-12-13(6-2-1-3-7-13)15-11(17-12)10-4-8-14-9-5-10/h4-5,8-9H,1-3,6-7H2,(H,15,16)(H,17,18);4-5,8-9H,1-3,6-7H2. The van der Waals surface area contributed by atoms with E-state index in [-0.39, 0.29) is 11.9 Å². The van der Waals surface area contributed by atoms with E-state index in [0.29, 0.717) is 24.3 Å². The number of aliphatic imine (C=N–C) groups is 1.